The number of nitrogen functional groups attached to an aromatic ring is 2. The molecular weight excluding hydrogens is 242 g/mol. The first-order valence-corrected chi connectivity index (χ1v) is 6.92. The Morgan fingerprint density at radius 1 is 1.06 bits per heavy atom. The lowest BCUT2D eigenvalue weighted by atomic mass is 10.1. The Morgan fingerprint density at radius 2 is 1.83 bits per heavy atom. The topological polar surface area (TPSA) is 64.9 Å². The van der Waals surface area contributed by atoms with Gasteiger partial charge < -0.3 is 11.5 Å². The molecule has 0 fully saturated rings. The summed E-state index contributed by atoms with van der Waals surface area (Å²) in [5.74, 6) is 1.02. The Hall–Kier alpha value is -1.68. The number of pyridine rings is 1. The van der Waals surface area contributed by atoms with E-state index in [1.165, 1.54) is 5.56 Å². The van der Waals surface area contributed by atoms with Gasteiger partial charge in [-0.3, -0.25) is 0 Å². The molecule has 0 aliphatic carbocycles. The third kappa shape index (κ3) is 3.67. The molecular formula is C14H17N3S. The predicted octanol–water partition coefficient (Wildman–Crippen LogP) is 2.97. The lowest BCUT2D eigenvalue weighted by Gasteiger charge is -2.04. The Morgan fingerprint density at radius 3 is 2.56 bits per heavy atom. The molecule has 0 aliphatic heterocycles. The second kappa shape index (κ2) is 6.31. The van der Waals surface area contributed by atoms with Crippen molar-refractivity contribution in [2.24, 2.45) is 0 Å². The van der Waals surface area contributed by atoms with E-state index in [2.05, 4.69) is 17.1 Å². The van der Waals surface area contributed by atoms with Gasteiger partial charge in [-0.25, -0.2) is 4.98 Å². The van der Waals surface area contributed by atoms with Crippen LogP contribution >= 0.6 is 11.8 Å². The molecule has 1 aromatic carbocycles. The van der Waals surface area contributed by atoms with Crippen LogP contribution in [0.2, 0.25) is 0 Å². The van der Waals surface area contributed by atoms with Gasteiger partial charge in [0, 0.05) is 11.9 Å². The second-order valence-corrected chi connectivity index (χ2v) is 5.18. The fraction of sp³-hybridized carbons (Fsp3) is 0.214. The lowest BCUT2D eigenvalue weighted by molar-refractivity contribution is 0.931. The highest BCUT2D eigenvalue weighted by Gasteiger charge is 2.00. The Bertz CT molecular complexity index is 497. The van der Waals surface area contributed by atoms with Crippen molar-refractivity contribution in [3.8, 4) is 0 Å². The van der Waals surface area contributed by atoms with Gasteiger partial charge >= 0.3 is 0 Å². The van der Waals surface area contributed by atoms with Crippen LogP contribution in [-0.2, 0) is 6.42 Å². The average molecular weight is 259 g/mol. The largest absolute Gasteiger partial charge is 0.399 e. The molecule has 0 saturated carbocycles. The van der Waals surface area contributed by atoms with Crippen LogP contribution < -0.4 is 11.5 Å². The van der Waals surface area contributed by atoms with Gasteiger partial charge in [0.15, 0.2) is 0 Å². The first-order valence-electron chi connectivity index (χ1n) is 5.93. The Balaban J connectivity index is 1.76. The third-order valence-electron chi connectivity index (χ3n) is 2.63. The van der Waals surface area contributed by atoms with Crippen molar-refractivity contribution in [1.82, 2.24) is 4.98 Å². The van der Waals surface area contributed by atoms with Crippen molar-refractivity contribution in [2.45, 2.75) is 17.9 Å². The van der Waals surface area contributed by atoms with Crippen LogP contribution in [0.5, 0.6) is 0 Å². The fourth-order valence-electron chi connectivity index (χ4n) is 1.65. The van der Waals surface area contributed by atoms with E-state index >= 15 is 0 Å². The normalized spacial score (nSPS) is 10.4. The van der Waals surface area contributed by atoms with E-state index in [0.717, 1.165) is 35.0 Å². The molecule has 3 nitrogen and oxygen atoms in total. The monoisotopic (exact) mass is 259 g/mol. The molecule has 0 amide bonds. The summed E-state index contributed by atoms with van der Waals surface area (Å²) in [5, 5.41) is 0.926. The van der Waals surface area contributed by atoms with Crippen molar-refractivity contribution in [2.75, 3.05) is 17.2 Å². The van der Waals surface area contributed by atoms with Crippen molar-refractivity contribution in [3.05, 3.63) is 48.2 Å². The van der Waals surface area contributed by atoms with E-state index in [0.29, 0.717) is 0 Å². The molecule has 0 aliphatic rings. The molecule has 1 heterocycles. The van der Waals surface area contributed by atoms with Crippen molar-refractivity contribution >= 4 is 23.1 Å². The number of rotatable bonds is 5. The average Bonchev–Trinajstić information content (AvgIpc) is 2.39. The van der Waals surface area contributed by atoms with Gasteiger partial charge in [0.2, 0.25) is 0 Å². The third-order valence-corrected chi connectivity index (χ3v) is 3.74. The van der Waals surface area contributed by atoms with Crippen LogP contribution in [0.3, 0.4) is 0 Å². The van der Waals surface area contributed by atoms with E-state index in [9.17, 15) is 0 Å². The number of benzene rings is 1. The fourth-order valence-corrected chi connectivity index (χ4v) is 2.51. The van der Waals surface area contributed by atoms with Gasteiger partial charge in [-0.2, -0.15) is 0 Å². The summed E-state index contributed by atoms with van der Waals surface area (Å²) in [4.78, 5) is 4.26. The van der Waals surface area contributed by atoms with Gasteiger partial charge in [-0.05, 0) is 48.4 Å². The van der Waals surface area contributed by atoms with Gasteiger partial charge in [0.25, 0.3) is 0 Å². The SMILES string of the molecule is Nc1ccc(CCCSc2ncccc2N)cc1. The molecule has 2 aromatic rings. The maximum Gasteiger partial charge on any atom is 0.119 e. The van der Waals surface area contributed by atoms with Crippen LogP contribution in [0.25, 0.3) is 0 Å². The lowest BCUT2D eigenvalue weighted by Crippen LogP contribution is -1.93. The first kappa shape index (κ1) is 12.8. The summed E-state index contributed by atoms with van der Waals surface area (Å²) in [6.07, 6.45) is 3.93. The second-order valence-electron chi connectivity index (χ2n) is 4.09. The molecule has 4 heteroatoms. The van der Waals surface area contributed by atoms with E-state index in [-0.39, 0.29) is 0 Å². The van der Waals surface area contributed by atoms with Crippen molar-refractivity contribution in [1.29, 1.82) is 0 Å². The smallest absolute Gasteiger partial charge is 0.119 e. The maximum absolute atomic E-state index is 5.83. The highest BCUT2D eigenvalue weighted by Crippen LogP contribution is 2.22. The summed E-state index contributed by atoms with van der Waals surface area (Å²) in [5.41, 5.74) is 14.4. The zero-order chi connectivity index (χ0) is 12.8. The Labute approximate surface area is 112 Å². The molecule has 2 rings (SSSR count). The zero-order valence-electron chi connectivity index (χ0n) is 10.2. The summed E-state index contributed by atoms with van der Waals surface area (Å²) in [6.45, 7) is 0. The zero-order valence-corrected chi connectivity index (χ0v) is 11.0. The molecule has 1 aromatic heterocycles. The summed E-state index contributed by atoms with van der Waals surface area (Å²) in [7, 11) is 0. The number of aromatic nitrogens is 1. The molecule has 0 unspecified atom stereocenters. The predicted molar refractivity (Wildman–Crippen MR) is 78.5 cm³/mol. The molecule has 4 N–H and O–H groups in total. The first-order chi connectivity index (χ1) is 8.75. The van der Waals surface area contributed by atoms with E-state index in [1.807, 2.05) is 24.3 Å². The van der Waals surface area contributed by atoms with Gasteiger partial charge in [-0.15, -0.1) is 11.8 Å². The number of nitrogens with two attached hydrogens (primary N) is 2. The number of nitrogens with zero attached hydrogens (tertiary/aromatic N) is 1. The quantitative estimate of drug-likeness (QED) is 0.492. The van der Waals surface area contributed by atoms with Crippen molar-refractivity contribution in [3.63, 3.8) is 0 Å². The molecule has 0 spiro atoms. The van der Waals surface area contributed by atoms with Crippen molar-refractivity contribution < 1.29 is 0 Å². The molecule has 0 radical (unpaired) electrons. The summed E-state index contributed by atoms with van der Waals surface area (Å²) in [6, 6.07) is 11.8. The minimum absolute atomic E-state index is 0.759. The number of hydrogen-bond donors (Lipinski definition) is 2. The van der Waals surface area contributed by atoms with Crippen LogP contribution in [0.1, 0.15) is 12.0 Å². The maximum atomic E-state index is 5.83. The highest BCUT2D eigenvalue weighted by atomic mass is 32.2. The van der Waals surface area contributed by atoms with Crippen LogP contribution in [0, 0.1) is 0 Å². The van der Waals surface area contributed by atoms with Crippen LogP contribution in [0.15, 0.2) is 47.6 Å². The summed E-state index contributed by atoms with van der Waals surface area (Å²) < 4.78 is 0. The van der Waals surface area contributed by atoms with Gasteiger partial charge in [-0.1, -0.05) is 12.1 Å². The summed E-state index contributed by atoms with van der Waals surface area (Å²) >= 11 is 1.71. The number of thioether (sulfide) groups is 1. The molecule has 94 valence electrons. The highest BCUT2D eigenvalue weighted by molar-refractivity contribution is 7.99. The molecule has 0 saturated heterocycles. The number of hydrogen-bond acceptors (Lipinski definition) is 4. The molecule has 18 heavy (non-hydrogen) atoms. The molecule has 0 bridgehead atoms. The number of anilines is 2. The van der Waals surface area contributed by atoms with E-state index in [4.69, 9.17) is 11.5 Å². The van der Waals surface area contributed by atoms with Gasteiger partial charge in [0.1, 0.15) is 5.03 Å². The number of aryl methyl sites for hydroxylation is 1. The van der Waals surface area contributed by atoms with E-state index < -0.39 is 0 Å². The van der Waals surface area contributed by atoms with Crippen LogP contribution in [-0.4, -0.2) is 10.7 Å². The van der Waals surface area contributed by atoms with Crippen LogP contribution in [0.4, 0.5) is 11.4 Å². The van der Waals surface area contributed by atoms with E-state index in [1.54, 1.807) is 18.0 Å². The molecule has 0 atom stereocenters. The van der Waals surface area contributed by atoms with Gasteiger partial charge in [0.05, 0.1) is 5.69 Å². The Kier molecular flexibility index (Phi) is 4.47. The minimum atomic E-state index is 0.759. The minimum Gasteiger partial charge on any atom is -0.399 e. The standard InChI is InChI=1S/C14H17N3S/c15-12-7-5-11(6-8-12)3-2-10-18-14-13(16)4-1-9-17-14/h1,4-9H,2-3,10,15-16H2.